The van der Waals surface area contributed by atoms with Gasteiger partial charge in [0.25, 0.3) is 0 Å². The van der Waals surface area contributed by atoms with Crippen molar-refractivity contribution < 1.29 is 0 Å². The van der Waals surface area contributed by atoms with E-state index in [9.17, 15) is 0 Å². The second-order valence-corrected chi connectivity index (χ2v) is 5.07. The number of rotatable bonds is 1. The zero-order valence-electron chi connectivity index (χ0n) is 9.20. The molecule has 0 nitrogen and oxygen atoms in total. The molecule has 1 heteroatoms. The fraction of sp³-hybridized carbons (Fsp3) is 0.286. The van der Waals surface area contributed by atoms with Crippen LogP contribution >= 0.6 is 12.6 Å². The lowest BCUT2D eigenvalue weighted by Gasteiger charge is -2.27. The van der Waals surface area contributed by atoms with Crippen molar-refractivity contribution in [3.8, 4) is 0 Å². The molecule has 0 fully saturated rings. The zero-order valence-corrected chi connectivity index (χ0v) is 10.1. The predicted octanol–water partition coefficient (Wildman–Crippen LogP) is 4.03. The van der Waals surface area contributed by atoms with Crippen molar-refractivity contribution in [1.29, 1.82) is 0 Å². The third-order valence-electron chi connectivity index (χ3n) is 2.91. The molecular formula is C14H16S. The lowest BCUT2D eigenvalue weighted by molar-refractivity contribution is 0.779. The zero-order chi connectivity index (χ0) is 10.9. The van der Waals surface area contributed by atoms with Crippen LogP contribution in [-0.4, -0.2) is 0 Å². The quantitative estimate of drug-likeness (QED) is 0.673. The van der Waals surface area contributed by atoms with Gasteiger partial charge in [0.2, 0.25) is 0 Å². The van der Waals surface area contributed by atoms with Gasteiger partial charge in [-0.3, -0.25) is 0 Å². The predicted molar refractivity (Wildman–Crippen MR) is 69.4 cm³/mol. The van der Waals surface area contributed by atoms with Crippen LogP contribution in [0.2, 0.25) is 0 Å². The first-order chi connectivity index (χ1) is 7.10. The molecule has 78 valence electrons. The van der Waals surface area contributed by atoms with Crippen LogP contribution in [0.3, 0.4) is 0 Å². The Bertz CT molecular complexity index is 411. The average molecular weight is 216 g/mol. The number of hydrogen-bond donors (Lipinski definition) is 1. The van der Waals surface area contributed by atoms with E-state index in [1.54, 1.807) is 0 Å². The highest BCUT2D eigenvalue weighted by atomic mass is 32.1. The molecule has 0 saturated heterocycles. The molecule has 1 unspecified atom stereocenters. The van der Waals surface area contributed by atoms with Crippen LogP contribution in [0.1, 0.15) is 24.5 Å². The molecule has 0 bridgehead atoms. The van der Waals surface area contributed by atoms with Crippen molar-refractivity contribution >= 4 is 12.6 Å². The van der Waals surface area contributed by atoms with Crippen molar-refractivity contribution in [3.05, 3.63) is 59.2 Å². The van der Waals surface area contributed by atoms with Crippen molar-refractivity contribution in [2.75, 3.05) is 0 Å². The summed E-state index contributed by atoms with van der Waals surface area (Å²) in [5, 5.41) is 0. The van der Waals surface area contributed by atoms with Gasteiger partial charge < -0.3 is 0 Å². The maximum atomic E-state index is 4.78. The Hall–Kier alpha value is -0.950. The standard InChI is InChI=1S/C14H16S/c1-11-3-5-13(6-4-11)14(15)9-7-12(2)8-10-14/h3-9,15H,10H2,1-2H3. The summed E-state index contributed by atoms with van der Waals surface area (Å²) in [6.07, 6.45) is 7.56. The largest absolute Gasteiger partial charge is 0.163 e. The summed E-state index contributed by atoms with van der Waals surface area (Å²) in [5.41, 5.74) is 3.89. The van der Waals surface area contributed by atoms with E-state index in [0.717, 1.165) is 6.42 Å². The van der Waals surface area contributed by atoms with Crippen molar-refractivity contribution in [1.82, 2.24) is 0 Å². The highest BCUT2D eigenvalue weighted by Crippen LogP contribution is 2.37. The first kappa shape index (κ1) is 10.6. The van der Waals surface area contributed by atoms with Gasteiger partial charge in [0.1, 0.15) is 0 Å². The van der Waals surface area contributed by atoms with Crippen LogP contribution in [-0.2, 0) is 4.75 Å². The first-order valence-corrected chi connectivity index (χ1v) is 5.70. The average Bonchev–Trinajstić information content (AvgIpc) is 2.24. The number of aryl methyl sites for hydroxylation is 1. The van der Waals surface area contributed by atoms with E-state index < -0.39 is 0 Å². The summed E-state index contributed by atoms with van der Waals surface area (Å²) in [6, 6.07) is 8.63. The molecule has 1 atom stereocenters. The van der Waals surface area contributed by atoms with E-state index in [1.165, 1.54) is 16.7 Å². The van der Waals surface area contributed by atoms with Crippen LogP contribution in [0, 0.1) is 6.92 Å². The molecule has 2 rings (SSSR count). The Morgan fingerprint density at radius 3 is 2.33 bits per heavy atom. The number of thiol groups is 1. The normalized spacial score (nSPS) is 25.1. The van der Waals surface area contributed by atoms with Gasteiger partial charge in [-0.1, -0.05) is 53.6 Å². The van der Waals surface area contributed by atoms with Crippen LogP contribution in [0.15, 0.2) is 48.1 Å². The van der Waals surface area contributed by atoms with Gasteiger partial charge >= 0.3 is 0 Å². The third-order valence-corrected chi connectivity index (χ3v) is 3.50. The Balaban J connectivity index is 2.32. The van der Waals surface area contributed by atoms with Gasteiger partial charge in [0.05, 0.1) is 4.75 Å². The van der Waals surface area contributed by atoms with E-state index in [-0.39, 0.29) is 4.75 Å². The van der Waals surface area contributed by atoms with Crippen LogP contribution in [0.4, 0.5) is 0 Å². The molecule has 15 heavy (non-hydrogen) atoms. The molecule has 0 heterocycles. The molecule has 0 aromatic heterocycles. The van der Waals surface area contributed by atoms with E-state index in [1.807, 2.05) is 0 Å². The summed E-state index contributed by atoms with van der Waals surface area (Å²) >= 11 is 4.78. The highest BCUT2D eigenvalue weighted by molar-refractivity contribution is 7.81. The molecule has 1 aliphatic rings. The number of allylic oxidation sites excluding steroid dienone is 3. The molecule has 1 aromatic carbocycles. The smallest absolute Gasteiger partial charge is 0.0595 e. The second kappa shape index (κ2) is 3.90. The monoisotopic (exact) mass is 216 g/mol. The van der Waals surface area contributed by atoms with Gasteiger partial charge in [-0.25, -0.2) is 0 Å². The lowest BCUT2D eigenvalue weighted by Crippen LogP contribution is -2.16. The molecule has 1 aromatic rings. The highest BCUT2D eigenvalue weighted by Gasteiger charge is 2.25. The first-order valence-electron chi connectivity index (χ1n) is 5.26. The minimum atomic E-state index is -0.118. The van der Waals surface area contributed by atoms with E-state index in [2.05, 4.69) is 56.3 Å². The summed E-state index contributed by atoms with van der Waals surface area (Å²) in [5.74, 6) is 0. The summed E-state index contributed by atoms with van der Waals surface area (Å²) in [4.78, 5) is 0. The molecule has 0 N–H and O–H groups in total. The second-order valence-electron chi connectivity index (χ2n) is 4.28. The summed E-state index contributed by atoms with van der Waals surface area (Å²) in [6.45, 7) is 4.23. The Labute approximate surface area is 97.1 Å². The van der Waals surface area contributed by atoms with Gasteiger partial charge in [-0.05, 0) is 25.8 Å². The van der Waals surface area contributed by atoms with Gasteiger partial charge in [-0.15, -0.1) is 0 Å². The summed E-state index contributed by atoms with van der Waals surface area (Å²) < 4.78 is -0.118. The summed E-state index contributed by atoms with van der Waals surface area (Å²) in [7, 11) is 0. The fourth-order valence-electron chi connectivity index (χ4n) is 1.78. The van der Waals surface area contributed by atoms with E-state index in [0.29, 0.717) is 0 Å². The Morgan fingerprint density at radius 1 is 1.13 bits per heavy atom. The number of hydrogen-bond acceptors (Lipinski definition) is 1. The van der Waals surface area contributed by atoms with E-state index >= 15 is 0 Å². The minimum Gasteiger partial charge on any atom is -0.163 e. The van der Waals surface area contributed by atoms with Crippen molar-refractivity contribution in [3.63, 3.8) is 0 Å². The van der Waals surface area contributed by atoms with Crippen LogP contribution in [0.5, 0.6) is 0 Å². The van der Waals surface area contributed by atoms with Crippen LogP contribution in [0.25, 0.3) is 0 Å². The molecule has 0 aliphatic heterocycles. The molecular weight excluding hydrogens is 200 g/mol. The Kier molecular flexibility index (Phi) is 2.74. The third kappa shape index (κ3) is 2.18. The molecule has 0 radical (unpaired) electrons. The SMILES string of the molecule is CC1=CCC(S)(c2ccc(C)cc2)C=C1. The van der Waals surface area contributed by atoms with Gasteiger partial charge in [-0.2, -0.15) is 12.6 Å². The van der Waals surface area contributed by atoms with E-state index in [4.69, 9.17) is 12.6 Å². The maximum Gasteiger partial charge on any atom is 0.0595 e. The fourth-order valence-corrected chi connectivity index (χ4v) is 2.09. The molecule has 0 saturated carbocycles. The number of benzene rings is 1. The molecule has 1 aliphatic carbocycles. The topological polar surface area (TPSA) is 0 Å². The lowest BCUT2D eigenvalue weighted by atomic mass is 9.89. The maximum absolute atomic E-state index is 4.78. The minimum absolute atomic E-state index is 0.118. The molecule has 0 spiro atoms. The Morgan fingerprint density at radius 2 is 1.80 bits per heavy atom. The molecule has 0 amide bonds. The van der Waals surface area contributed by atoms with Gasteiger partial charge in [0, 0.05) is 0 Å². The van der Waals surface area contributed by atoms with Crippen molar-refractivity contribution in [2.45, 2.75) is 25.0 Å². The van der Waals surface area contributed by atoms with Crippen LogP contribution < -0.4 is 0 Å². The van der Waals surface area contributed by atoms with Crippen molar-refractivity contribution in [2.24, 2.45) is 0 Å². The van der Waals surface area contributed by atoms with Gasteiger partial charge in [0.15, 0.2) is 0 Å².